The molecule has 0 aliphatic rings. The van der Waals surface area contributed by atoms with Crippen molar-refractivity contribution >= 4 is 27.5 Å². The van der Waals surface area contributed by atoms with E-state index in [0.717, 1.165) is 17.0 Å². The lowest BCUT2D eigenvalue weighted by Gasteiger charge is -2.09. The Hall–Kier alpha value is -1.00. The third-order valence-electron chi connectivity index (χ3n) is 2.42. The molecule has 0 atom stereocenters. The summed E-state index contributed by atoms with van der Waals surface area (Å²) in [6, 6.07) is 7.43. The van der Waals surface area contributed by atoms with E-state index >= 15 is 0 Å². The number of halogens is 2. The summed E-state index contributed by atoms with van der Waals surface area (Å²) in [5, 5.41) is 0.620. The quantitative estimate of drug-likeness (QED) is 0.855. The fourth-order valence-electron chi connectivity index (χ4n) is 1.55. The van der Waals surface area contributed by atoms with E-state index in [1.807, 2.05) is 28.8 Å². The molecular formula is C12H12BrClN2O. The lowest BCUT2D eigenvalue weighted by Crippen LogP contribution is -2.05. The number of nitrogens with zero attached hydrogens (tertiary/aromatic N) is 2. The van der Waals surface area contributed by atoms with Crippen molar-refractivity contribution in [2.75, 3.05) is 0 Å². The number of para-hydroxylation sites is 1. The van der Waals surface area contributed by atoms with Crippen LogP contribution in [0.1, 0.15) is 12.6 Å². The summed E-state index contributed by atoms with van der Waals surface area (Å²) in [6.45, 7) is 3.36. The van der Waals surface area contributed by atoms with Crippen LogP contribution in [0.3, 0.4) is 0 Å². The molecule has 0 aliphatic carbocycles. The molecule has 1 aromatic heterocycles. The Morgan fingerprint density at radius 2 is 2.18 bits per heavy atom. The van der Waals surface area contributed by atoms with Gasteiger partial charge in [0, 0.05) is 6.54 Å². The molecule has 0 unspecified atom stereocenters. The van der Waals surface area contributed by atoms with E-state index in [2.05, 4.69) is 27.8 Å². The summed E-state index contributed by atoms with van der Waals surface area (Å²) in [5.41, 5.74) is 1.01. The first-order chi connectivity index (χ1) is 8.22. The third kappa shape index (κ3) is 2.82. The molecular weight excluding hydrogens is 304 g/mol. The molecule has 1 aromatic carbocycles. The molecule has 5 heteroatoms. The predicted molar refractivity (Wildman–Crippen MR) is 71.4 cm³/mol. The van der Waals surface area contributed by atoms with Crippen molar-refractivity contribution in [1.29, 1.82) is 0 Å². The standard InChI is InChI=1S/C12H12BrClN2O/c1-2-16-9(7-15-12(16)13)8-17-11-6-4-3-5-10(11)14/h3-7H,2,8H2,1H3. The highest BCUT2D eigenvalue weighted by molar-refractivity contribution is 9.10. The summed E-state index contributed by atoms with van der Waals surface area (Å²) in [6.07, 6.45) is 1.80. The third-order valence-corrected chi connectivity index (χ3v) is 3.36. The zero-order valence-corrected chi connectivity index (χ0v) is 11.7. The van der Waals surface area contributed by atoms with Crippen molar-refractivity contribution in [3.63, 3.8) is 0 Å². The van der Waals surface area contributed by atoms with E-state index in [9.17, 15) is 0 Å². The largest absolute Gasteiger partial charge is 0.486 e. The SMILES string of the molecule is CCn1c(COc2ccccc2Cl)cnc1Br. The van der Waals surface area contributed by atoms with Gasteiger partial charge in [-0.3, -0.25) is 0 Å². The molecule has 2 rings (SSSR count). The number of rotatable bonds is 4. The van der Waals surface area contributed by atoms with E-state index in [4.69, 9.17) is 16.3 Å². The fourth-order valence-corrected chi connectivity index (χ4v) is 2.32. The normalized spacial score (nSPS) is 10.5. The van der Waals surface area contributed by atoms with Gasteiger partial charge in [0.25, 0.3) is 0 Å². The van der Waals surface area contributed by atoms with Crippen molar-refractivity contribution in [3.8, 4) is 5.75 Å². The molecule has 0 saturated heterocycles. The predicted octanol–water partition coefficient (Wildman–Crippen LogP) is 3.90. The molecule has 3 nitrogen and oxygen atoms in total. The first-order valence-electron chi connectivity index (χ1n) is 5.29. The smallest absolute Gasteiger partial charge is 0.177 e. The van der Waals surface area contributed by atoms with E-state index < -0.39 is 0 Å². The molecule has 0 fully saturated rings. The van der Waals surface area contributed by atoms with Gasteiger partial charge in [0.1, 0.15) is 12.4 Å². The Balaban J connectivity index is 2.10. The maximum absolute atomic E-state index is 6.01. The lowest BCUT2D eigenvalue weighted by molar-refractivity contribution is 0.295. The summed E-state index contributed by atoms with van der Waals surface area (Å²) in [7, 11) is 0. The molecule has 0 aliphatic heterocycles. The first-order valence-corrected chi connectivity index (χ1v) is 6.46. The van der Waals surface area contributed by atoms with Gasteiger partial charge in [-0.05, 0) is 35.0 Å². The highest BCUT2D eigenvalue weighted by Gasteiger charge is 2.07. The molecule has 17 heavy (non-hydrogen) atoms. The number of hydrogen-bond donors (Lipinski definition) is 0. The average Bonchev–Trinajstić information content (AvgIpc) is 2.69. The molecule has 1 heterocycles. The van der Waals surface area contributed by atoms with Crippen molar-refractivity contribution in [2.24, 2.45) is 0 Å². The second-order valence-corrected chi connectivity index (χ2v) is 4.60. The Morgan fingerprint density at radius 1 is 1.41 bits per heavy atom. The Kier molecular flexibility index (Phi) is 4.07. The van der Waals surface area contributed by atoms with Gasteiger partial charge in [-0.2, -0.15) is 0 Å². The molecule has 0 spiro atoms. The molecule has 90 valence electrons. The minimum atomic E-state index is 0.455. The fraction of sp³-hybridized carbons (Fsp3) is 0.250. The number of imidazole rings is 1. The zero-order chi connectivity index (χ0) is 12.3. The maximum Gasteiger partial charge on any atom is 0.177 e. The van der Waals surface area contributed by atoms with Crippen molar-refractivity contribution < 1.29 is 4.74 Å². The van der Waals surface area contributed by atoms with Gasteiger partial charge in [0.2, 0.25) is 0 Å². The Labute approximate surface area is 114 Å². The van der Waals surface area contributed by atoms with Crippen molar-refractivity contribution in [3.05, 3.63) is 45.9 Å². The highest BCUT2D eigenvalue weighted by Crippen LogP contribution is 2.24. The van der Waals surface area contributed by atoms with Crippen LogP contribution in [0.2, 0.25) is 5.02 Å². The number of ether oxygens (including phenoxy) is 1. The van der Waals surface area contributed by atoms with Crippen molar-refractivity contribution in [2.45, 2.75) is 20.1 Å². The van der Waals surface area contributed by atoms with Crippen molar-refractivity contribution in [1.82, 2.24) is 9.55 Å². The summed E-state index contributed by atoms with van der Waals surface area (Å²) >= 11 is 9.40. The van der Waals surface area contributed by atoms with Gasteiger partial charge in [0.15, 0.2) is 4.73 Å². The van der Waals surface area contributed by atoms with Crippen LogP contribution >= 0.6 is 27.5 Å². The van der Waals surface area contributed by atoms with E-state index in [0.29, 0.717) is 17.4 Å². The topological polar surface area (TPSA) is 27.1 Å². The van der Waals surface area contributed by atoms with Crippen LogP contribution in [0, 0.1) is 0 Å². The van der Waals surface area contributed by atoms with E-state index in [1.165, 1.54) is 0 Å². The second kappa shape index (κ2) is 5.56. The molecule has 2 aromatic rings. The van der Waals surface area contributed by atoms with Crippen LogP contribution < -0.4 is 4.74 Å². The monoisotopic (exact) mass is 314 g/mol. The summed E-state index contributed by atoms with van der Waals surface area (Å²) in [4.78, 5) is 4.19. The van der Waals surface area contributed by atoms with Crippen LogP contribution in [-0.2, 0) is 13.2 Å². The molecule has 0 saturated carbocycles. The van der Waals surface area contributed by atoms with Gasteiger partial charge in [-0.15, -0.1) is 0 Å². The van der Waals surface area contributed by atoms with E-state index in [-0.39, 0.29) is 0 Å². The van der Waals surface area contributed by atoms with Crippen LogP contribution in [0.5, 0.6) is 5.75 Å². The zero-order valence-electron chi connectivity index (χ0n) is 9.36. The Morgan fingerprint density at radius 3 is 2.88 bits per heavy atom. The van der Waals surface area contributed by atoms with E-state index in [1.54, 1.807) is 6.20 Å². The van der Waals surface area contributed by atoms with Crippen LogP contribution in [-0.4, -0.2) is 9.55 Å². The minimum Gasteiger partial charge on any atom is -0.486 e. The molecule has 0 bridgehead atoms. The van der Waals surface area contributed by atoms with Gasteiger partial charge < -0.3 is 9.30 Å². The van der Waals surface area contributed by atoms with Gasteiger partial charge in [-0.1, -0.05) is 23.7 Å². The highest BCUT2D eigenvalue weighted by atomic mass is 79.9. The van der Waals surface area contributed by atoms with Gasteiger partial charge in [-0.25, -0.2) is 4.98 Å². The molecule has 0 radical (unpaired) electrons. The number of hydrogen-bond acceptors (Lipinski definition) is 2. The second-order valence-electron chi connectivity index (χ2n) is 3.48. The summed E-state index contributed by atoms with van der Waals surface area (Å²) < 4.78 is 8.52. The maximum atomic E-state index is 6.01. The number of benzene rings is 1. The summed E-state index contributed by atoms with van der Waals surface area (Å²) in [5.74, 6) is 0.689. The van der Waals surface area contributed by atoms with Crippen LogP contribution in [0.4, 0.5) is 0 Å². The number of aromatic nitrogens is 2. The van der Waals surface area contributed by atoms with Gasteiger partial charge >= 0.3 is 0 Å². The van der Waals surface area contributed by atoms with Crippen LogP contribution in [0.15, 0.2) is 35.2 Å². The first kappa shape index (κ1) is 12.5. The van der Waals surface area contributed by atoms with Crippen LogP contribution in [0.25, 0.3) is 0 Å². The lowest BCUT2D eigenvalue weighted by atomic mass is 10.3. The molecule has 0 amide bonds. The minimum absolute atomic E-state index is 0.455. The molecule has 0 N–H and O–H groups in total. The average molecular weight is 316 g/mol. The Bertz CT molecular complexity index is 513. The van der Waals surface area contributed by atoms with Gasteiger partial charge in [0.05, 0.1) is 16.9 Å².